The molecule has 1 saturated heterocycles. The number of esters is 1. The summed E-state index contributed by atoms with van der Waals surface area (Å²) in [6.45, 7) is 2.79. The van der Waals surface area contributed by atoms with Gasteiger partial charge >= 0.3 is 5.97 Å². The summed E-state index contributed by atoms with van der Waals surface area (Å²) >= 11 is 0. The Morgan fingerprint density at radius 2 is 1.89 bits per heavy atom. The molecular formula is C27H31N3O6. The number of carbonyl (C=O) groups excluding carboxylic acids is 2. The molecular weight excluding hydrogens is 462 g/mol. The fraction of sp³-hybridized carbons (Fsp3) is 0.444. The molecule has 4 heterocycles. The molecule has 0 spiro atoms. The van der Waals surface area contributed by atoms with Crippen molar-refractivity contribution in [3.63, 3.8) is 0 Å². The van der Waals surface area contributed by atoms with Gasteiger partial charge < -0.3 is 23.4 Å². The monoisotopic (exact) mass is 493 g/mol. The molecule has 0 N–H and O–H groups in total. The first kappa shape index (κ1) is 24.1. The van der Waals surface area contributed by atoms with E-state index < -0.39 is 12.0 Å². The summed E-state index contributed by atoms with van der Waals surface area (Å²) in [5.74, 6) is 0.392. The van der Waals surface area contributed by atoms with Crippen molar-refractivity contribution in [3.05, 3.63) is 63.8 Å². The third-order valence-electron chi connectivity index (χ3n) is 7.21. The second-order valence-corrected chi connectivity index (χ2v) is 9.33. The molecule has 1 amide bonds. The minimum Gasteiger partial charge on any atom is -0.496 e. The zero-order valence-electron chi connectivity index (χ0n) is 20.7. The summed E-state index contributed by atoms with van der Waals surface area (Å²) in [5.41, 5.74) is 1.65. The van der Waals surface area contributed by atoms with Crippen LogP contribution in [0.15, 0.2) is 45.6 Å². The molecule has 190 valence electrons. The van der Waals surface area contributed by atoms with Crippen LogP contribution in [0, 0.1) is 0 Å². The zero-order valence-corrected chi connectivity index (χ0v) is 20.7. The Balaban J connectivity index is 1.44. The maximum Gasteiger partial charge on any atom is 0.328 e. The van der Waals surface area contributed by atoms with Crippen LogP contribution in [0.5, 0.6) is 5.75 Å². The van der Waals surface area contributed by atoms with Gasteiger partial charge in [0.2, 0.25) is 0 Å². The number of piperidine rings is 1. The summed E-state index contributed by atoms with van der Waals surface area (Å²) < 4.78 is 18.2. The molecule has 36 heavy (non-hydrogen) atoms. The quantitative estimate of drug-likeness (QED) is 0.505. The summed E-state index contributed by atoms with van der Waals surface area (Å²) in [6.07, 6.45) is 2.71. The predicted molar refractivity (Wildman–Crippen MR) is 133 cm³/mol. The first-order valence-corrected chi connectivity index (χ1v) is 12.4. The molecule has 1 unspecified atom stereocenters. The number of nitrogens with zero attached hydrogens (tertiary/aromatic N) is 3. The zero-order chi connectivity index (χ0) is 25.2. The topological polar surface area (TPSA) is 94.2 Å². The van der Waals surface area contributed by atoms with Gasteiger partial charge in [0.05, 0.1) is 20.8 Å². The van der Waals surface area contributed by atoms with Gasteiger partial charge in [-0.05, 0) is 31.4 Å². The maximum absolute atomic E-state index is 13.9. The molecule has 3 aromatic rings. The van der Waals surface area contributed by atoms with E-state index in [0.717, 1.165) is 29.6 Å². The number of para-hydroxylation sites is 1. The molecule has 1 atom stereocenters. The van der Waals surface area contributed by atoms with Gasteiger partial charge in [-0.15, -0.1) is 0 Å². The third-order valence-corrected chi connectivity index (χ3v) is 7.21. The lowest BCUT2D eigenvalue weighted by Crippen LogP contribution is -2.49. The van der Waals surface area contributed by atoms with E-state index in [-0.39, 0.29) is 17.2 Å². The number of benzene rings is 1. The molecule has 0 saturated carbocycles. The number of pyridine rings is 1. The number of ether oxygens (including phenoxy) is 2. The average molecular weight is 494 g/mol. The number of fused-ring (bicyclic) bond motifs is 2. The van der Waals surface area contributed by atoms with Crippen molar-refractivity contribution < 1.29 is 23.5 Å². The molecule has 1 fully saturated rings. The van der Waals surface area contributed by atoms with Crippen molar-refractivity contribution in [2.75, 3.05) is 33.9 Å². The van der Waals surface area contributed by atoms with E-state index in [4.69, 9.17) is 13.9 Å². The van der Waals surface area contributed by atoms with Gasteiger partial charge in [-0.3, -0.25) is 14.5 Å². The Morgan fingerprint density at radius 3 is 2.67 bits per heavy atom. The second kappa shape index (κ2) is 10.2. The number of rotatable bonds is 5. The van der Waals surface area contributed by atoms with E-state index in [1.165, 1.54) is 20.3 Å². The normalized spacial score (nSPS) is 18.5. The van der Waals surface area contributed by atoms with E-state index in [1.807, 2.05) is 30.3 Å². The number of amides is 1. The highest BCUT2D eigenvalue weighted by Crippen LogP contribution is 2.29. The van der Waals surface area contributed by atoms with E-state index >= 15 is 0 Å². The van der Waals surface area contributed by atoms with Gasteiger partial charge in [-0.25, -0.2) is 4.79 Å². The number of furan rings is 1. The van der Waals surface area contributed by atoms with Crippen molar-refractivity contribution >= 4 is 22.8 Å². The van der Waals surface area contributed by atoms with Gasteiger partial charge in [0.1, 0.15) is 28.7 Å². The van der Waals surface area contributed by atoms with E-state index in [0.29, 0.717) is 56.8 Å². The van der Waals surface area contributed by atoms with Crippen molar-refractivity contribution in [1.29, 1.82) is 0 Å². The molecule has 1 aromatic carbocycles. The Kier molecular flexibility index (Phi) is 6.82. The van der Waals surface area contributed by atoms with Crippen molar-refractivity contribution in [2.45, 2.75) is 44.8 Å². The SMILES string of the molecule is COC(=O)C1CCCCN1C(=O)c1c(OC)cc(=O)n2c1CCN(Cc1cc3ccccc3o1)CC2. The molecule has 5 rings (SSSR count). The number of hydrogen-bond acceptors (Lipinski definition) is 7. The Bertz CT molecular complexity index is 1310. The molecule has 2 aromatic heterocycles. The Morgan fingerprint density at radius 1 is 1.06 bits per heavy atom. The molecule has 2 aliphatic heterocycles. The summed E-state index contributed by atoms with van der Waals surface area (Å²) in [6, 6.07) is 10.7. The van der Waals surface area contributed by atoms with Crippen LogP contribution < -0.4 is 10.3 Å². The standard InChI is InChI=1S/C27H31N3O6/c1-34-23-16-24(31)29-14-13-28(17-19-15-18-7-3-4-9-22(18)36-19)12-10-20(29)25(23)26(32)30-11-6-5-8-21(30)27(33)35-2/h3-4,7,9,15-16,21H,5-6,8,10-14,17H2,1-2H3. The van der Waals surface area contributed by atoms with E-state index in [1.54, 1.807) is 9.47 Å². The summed E-state index contributed by atoms with van der Waals surface area (Å²) in [5, 5.41) is 1.06. The fourth-order valence-electron chi connectivity index (χ4n) is 5.38. The van der Waals surface area contributed by atoms with Crippen molar-refractivity contribution in [1.82, 2.24) is 14.4 Å². The lowest BCUT2D eigenvalue weighted by molar-refractivity contribution is -0.147. The molecule has 9 nitrogen and oxygen atoms in total. The van der Waals surface area contributed by atoms with Crippen LogP contribution in [0.25, 0.3) is 11.0 Å². The van der Waals surface area contributed by atoms with Gasteiger partial charge in [-0.1, -0.05) is 18.2 Å². The fourth-order valence-corrected chi connectivity index (χ4v) is 5.38. The first-order chi connectivity index (χ1) is 17.5. The van der Waals surface area contributed by atoms with Crippen LogP contribution in [-0.2, 0) is 29.0 Å². The average Bonchev–Trinajstić information content (AvgIpc) is 3.20. The molecule has 9 heteroatoms. The van der Waals surface area contributed by atoms with Crippen LogP contribution in [0.4, 0.5) is 0 Å². The van der Waals surface area contributed by atoms with Crippen LogP contribution in [-0.4, -0.2) is 66.1 Å². The third kappa shape index (κ3) is 4.51. The number of likely N-dealkylation sites (tertiary alicyclic amines) is 1. The predicted octanol–water partition coefficient (Wildman–Crippen LogP) is 2.83. The Labute approximate surface area is 209 Å². The minimum atomic E-state index is -0.635. The van der Waals surface area contributed by atoms with E-state index in [2.05, 4.69) is 4.90 Å². The summed E-state index contributed by atoms with van der Waals surface area (Å²) in [7, 11) is 2.80. The molecule has 0 bridgehead atoms. The highest BCUT2D eigenvalue weighted by atomic mass is 16.5. The molecule has 0 radical (unpaired) electrons. The van der Waals surface area contributed by atoms with Gasteiger partial charge in [0.25, 0.3) is 11.5 Å². The van der Waals surface area contributed by atoms with Crippen LogP contribution in [0.3, 0.4) is 0 Å². The van der Waals surface area contributed by atoms with E-state index in [9.17, 15) is 14.4 Å². The van der Waals surface area contributed by atoms with Crippen LogP contribution >= 0.6 is 0 Å². The Hall–Kier alpha value is -3.59. The smallest absolute Gasteiger partial charge is 0.328 e. The van der Waals surface area contributed by atoms with Gasteiger partial charge in [0, 0.05) is 49.7 Å². The number of hydrogen-bond donors (Lipinski definition) is 0. The first-order valence-electron chi connectivity index (χ1n) is 12.4. The number of aromatic nitrogens is 1. The maximum atomic E-state index is 13.9. The molecule has 2 aliphatic rings. The van der Waals surface area contributed by atoms with Crippen molar-refractivity contribution in [3.8, 4) is 5.75 Å². The lowest BCUT2D eigenvalue weighted by atomic mass is 9.99. The highest BCUT2D eigenvalue weighted by molar-refractivity contribution is 6.00. The lowest BCUT2D eigenvalue weighted by Gasteiger charge is -2.34. The van der Waals surface area contributed by atoms with Crippen molar-refractivity contribution in [2.24, 2.45) is 0 Å². The van der Waals surface area contributed by atoms with Crippen LogP contribution in [0.1, 0.15) is 41.1 Å². The number of methoxy groups -OCH3 is 2. The van der Waals surface area contributed by atoms with Crippen LogP contribution in [0.2, 0.25) is 0 Å². The summed E-state index contributed by atoms with van der Waals surface area (Å²) in [4.78, 5) is 43.1. The second-order valence-electron chi connectivity index (χ2n) is 9.33. The van der Waals surface area contributed by atoms with Gasteiger partial charge in [0.15, 0.2) is 0 Å². The minimum absolute atomic E-state index is 0.202. The van der Waals surface area contributed by atoms with Gasteiger partial charge in [-0.2, -0.15) is 0 Å². The number of carbonyl (C=O) groups is 2. The molecule has 0 aliphatic carbocycles. The highest BCUT2D eigenvalue weighted by Gasteiger charge is 2.36. The largest absolute Gasteiger partial charge is 0.496 e.